The van der Waals surface area contributed by atoms with Crippen molar-refractivity contribution in [2.45, 2.75) is 61.8 Å². The highest BCUT2D eigenvalue weighted by Crippen LogP contribution is 2.33. The zero-order chi connectivity index (χ0) is 18.1. The smallest absolute Gasteiger partial charge is 0.297 e. The number of fused-ring (bicyclic) bond motifs is 1. The maximum absolute atomic E-state index is 12.5. The van der Waals surface area contributed by atoms with Gasteiger partial charge in [-0.25, -0.2) is 0 Å². The van der Waals surface area contributed by atoms with E-state index in [4.69, 9.17) is 23.1 Å². The van der Waals surface area contributed by atoms with Gasteiger partial charge in [-0.15, -0.1) is 0 Å². The van der Waals surface area contributed by atoms with E-state index in [1.54, 1.807) is 24.3 Å². The van der Waals surface area contributed by atoms with Gasteiger partial charge in [0.15, 0.2) is 6.29 Å². The number of hydrogen-bond acceptors (Lipinski definition) is 7. The lowest BCUT2D eigenvalue weighted by Crippen LogP contribution is -2.38. The summed E-state index contributed by atoms with van der Waals surface area (Å²) in [6.45, 7) is 3.11. The van der Waals surface area contributed by atoms with E-state index in [1.165, 1.54) is 0 Å². The Bertz CT molecular complexity index is 712. The lowest BCUT2D eigenvalue weighted by molar-refractivity contribution is -0.202. The Kier molecular flexibility index (Phi) is 5.31. The third-order valence-corrected chi connectivity index (χ3v) is 6.34. The van der Waals surface area contributed by atoms with Crippen LogP contribution >= 0.6 is 0 Å². The van der Waals surface area contributed by atoms with Crippen LogP contribution in [0.5, 0.6) is 0 Å². The van der Waals surface area contributed by atoms with Gasteiger partial charge in [-0.05, 0) is 38.3 Å². The minimum Gasteiger partial charge on any atom is -0.370 e. The molecule has 26 heavy (non-hydrogen) atoms. The molecule has 0 radical (unpaired) electrons. The number of aryl methyl sites for hydroxylation is 1. The van der Waals surface area contributed by atoms with E-state index < -0.39 is 22.3 Å². The zero-order valence-electron chi connectivity index (χ0n) is 14.7. The molecule has 0 aliphatic carbocycles. The average molecular weight is 384 g/mol. The third kappa shape index (κ3) is 3.81. The van der Waals surface area contributed by atoms with Crippen molar-refractivity contribution in [1.29, 1.82) is 0 Å². The largest absolute Gasteiger partial charge is 0.370 e. The van der Waals surface area contributed by atoms with E-state index >= 15 is 0 Å². The number of ether oxygens (including phenoxy) is 4. The molecule has 0 amide bonds. The first-order valence-corrected chi connectivity index (χ1v) is 10.4. The summed E-state index contributed by atoms with van der Waals surface area (Å²) < 4.78 is 53.5. The van der Waals surface area contributed by atoms with E-state index in [9.17, 15) is 8.42 Å². The third-order valence-electron chi connectivity index (χ3n) is 4.99. The van der Waals surface area contributed by atoms with Gasteiger partial charge in [0.05, 0.1) is 18.1 Å². The van der Waals surface area contributed by atoms with Crippen LogP contribution in [0.25, 0.3) is 0 Å². The van der Waals surface area contributed by atoms with Crippen LogP contribution in [0.1, 0.15) is 24.8 Å². The highest BCUT2D eigenvalue weighted by molar-refractivity contribution is 7.86. The Balaban J connectivity index is 1.38. The molecular formula is C18H24O7S. The van der Waals surface area contributed by atoms with Crippen LogP contribution in [-0.2, 0) is 33.2 Å². The maximum Gasteiger partial charge on any atom is 0.297 e. The van der Waals surface area contributed by atoms with Gasteiger partial charge in [0.25, 0.3) is 10.1 Å². The normalized spacial score (nSPS) is 34.7. The highest BCUT2D eigenvalue weighted by Gasteiger charge is 2.51. The molecule has 144 valence electrons. The summed E-state index contributed by atoms with van der Waals surface area (Å²) in [5.41, 5.74) is 0.984. The Morgan fingerprint density at radius 2 is 1.65 bits per heavy atom. The Hall–Kier alpha value is -1.03. The summed E-state index contributed by atoms with van der Waals surface area (Å²) in [4.78, 5) is 0.132. The van der Waals surface area contributed by atoms with Gasteiger partial charge in [0, 0.05) is 6.61 Å². The molecule has 1 aromatic rings. The molecule has 0 saturated carbocycles. The number of benzene rings is 1. The standard InChI is InChI=1S/C18H24O7S/c1-12-5-7-13(8-6-12)26(19,20)25-15-11-23-17-14(10-22-18(15)17)24-16-4-2-3-9-21-16/h5-8,14-18H,2-4,9-11H2,1H3. The molecular weight excluding hydrogens is 360 g/mol. The molecule has 1 aromatic carbocycles. The van der Waals surface area contributed by atoms with Crippen LogP contribution in [0.2, 0.25) is 0 Å². The van der Waals surface area contributed by atoms with Gasteiger partial charge >= 0.3 is 0 Å². The first kappa shape index (κ1) is 18.3. The van der Waals surface area contributed by atoms with Gasteiger partial charge in [0.1, 0.15) is 24.4 Å². The van der Waals surface area contributed by atoms with Crippen molar-refractivity contribution in [3.63, 3.8) is 0 Å². The average Bonchev–Trinajstić information content (AvgIpc) is 3.20. The Morgan fingerprint density at radius 3 is 2.35 bits per heavy atom. The van der Waals surface area contributed by atoms with Gasteiger partial charge in [-0.1, -0.05) is 17.7 Å². The molecule has 4 rings (SSSR count). The van der Waals surface area contributed by atoms with Crippen LogP contribution in [-0.4, -0.2) is 58.9 Å². The molecule has 3 fully saturated rings. The van der Waals surface area contributed by atoms with E-state index in [0.717, 1.165) is 24.8 Å². The van der Waals surface area contributed by atoms with Crippen molar-refractivity contribution in [3.8, 4) is 0 Å². The molecule has 0 aromatic heterocycles. The second-order valence-electron chi connectivity index (χ2n) is 6.97. The predicted molar refractivity (Wildman–Crippen MR) is 91.2 cm³/mol. The quantitative estimate of drug-likeness (QED) is 0.716. The number of hydrogen-bond donors (Lipinski definition) is 0. The number of rotatable bonds is 5. The van der Waals surface area contributed by atoms with Crippen molar-refractivity contribution in [3.05, 3.63) is 29.8 Å². The van der Waals surface area contributed by atoms with Gasteiger partial charge in [-0.3, -0.25) is 4.18 Å². The van der Waals surface area contributed by atoms with Crippen LogP contribution in [0.4, 0.5) is 0 Å². The second kappa shape index (κ2) is 7.53. The van der Waals surface area contributed by atoms with Crippen LogP contribution in [0.3, 0.4) is 0 Å². The predicted octanol–water partition coefficient (Wildman–Crippen LogP) is 1.78. The molecule has 0 spiro atoms. The molecule has 0 N–H and O–H groups in total. The fourth-order valence-corrected chi connectivity index (χ4v) is 4.64. The summed E-state index contributed by atoms with van der Waals surface area (Å²) in [6, 6.07) is 6.56. The van der Waals surface area contributed by atoms with Crippen LogP contribution < -0.4 is 0 Å². The lowest BCUT2D eigenvalue weighted by atomic mass is 10.1. The molecule has 8 heteroatoms. The van der Waals surface area contributed by atoms with Crippen molar-refractivity contribution in [2.24, 2.45) is 0 Å². The molecule has 3 saturated heterocycles. The van der Waals surface area contributed by atoms with E-state index in [0.29, 0.717) is 13.2 Å². The molecule has 7 nitrogen and oxygen atoms in total. The van der Waals surface area contributed by atoms with Crippen molar-refractivity contribution >= 4 is 10.1 Å². The molecule has 5 atom stereocenters. The Morgan fingerprint density at radius 1 is 0.962 bits per heavy atom. The molecule has 3 aliphatic rings. The first-order valence-electron chi connectivity index (χ1n) is 9.03. The van der Waals surface area contributed by atoms with E-state index in [-0.39, 0.29) is 30.0 Å². The summed E-state index contributed by atoms with van der Waals surface area (Å²) in [7, 11) is -3.87. The van der Waals surface area contributed by atoms with Gasteiger partial charge in [0.2, 0.25) is 0 Å². The van der Waals surface area contributed by atoms with E-state index in [2.05, 4.69) is 0 Å². The molecule has 5 unspecified atom stereocenters. The summed E-state index contributed by atoms with van der Waals surface area (Å²) in [5.74, 6) is 0. The maximum atomic E-state index is 12.5. The summed E-state index contributed by atoms with van der Waals surface area (Å²) in [5, 5.41) is 0. The fraction of sp³-hybridized carbons (Fsp3) is 0.667. The van der Waals surface area contributed by atoms with Crippen molar-refractivity contribution in [1.82, 2.24) is 0 Å². The van der Waals surface area contributed by atoms with Gasteiger partial charge < -0.3 is 18.9 Å². The topological polar surface area (TPSA) is 80.3 Å². The fourth-order valence-electron chi connectivity index (χ4n) is 3.56. The van der Waals surface area contributed by atoms with Gasteiger partial charge in [-0.2, -0.15) is 8.42 Å². The minimum absolute atomic E-state index is 0.132. The second-order valence-corrected chi connectivity index (χ2v) is 8.54. The van der Waals surface area contributed by atoms with E-state index in [1.807, 2.05) is 6.92 Å². The zero-order valence-corrected chi connectivity index (χ0v) is 15.5. The summed E-state index contributed by atoms with van der Waals surface area (Å²) in [6.07, 6.45) is 1.02. The minimum atomic E-state index is -3.87. The monoisotopic (exact) mass is 384 g/mol. The first-order chi connectivity index (χ1) is 12.5. The molecule has 0 bridgehead atoms. The SMILES string of the molecule is Cc1ccc(S(=O)(=O)OC2COC3C(OC4CCCCO4)COC23)cc1. The van der Waals surface area contributed by atoms with Crippen molar-refractivity contribution < 1.29 is 31.5 Å². The molecule has 3 heterocycles. The van der Waals surface area contributed by atoms with Crippen LogP contribution in [0, 0.1) is 6.92 Å². The van der Waals surface area contributed by atoms with Crippen LogP contribution in [0.15, 0.2) is 29.2 Å². The summed E-state index contributed by atoms with van der Waals surface area (Å²) >= 11 is 0. The molecule has 3 aliphatic heterocycles. The Labute approximate surface area is 153 Å². The lowest BCUT2D eigenvalue weighted by Gasteiger charge is -2.27. The highest BCUT2D eigenvalue weighted by atomic mass is 32.2. The van der Waals surface area contributed by atoms with Crippen molar-refractivity contribution in [2.75, 3.05) is 19.8 Å².